The van der Waals surface area contributed by atoms with Crippen LogP contribution in [-0.4, -0.2) is 0 Å². The molecular weight excluding hydrogens is 115 g/mol. The molecule has 0 unspecified atom stereocenters. The molecular formula is C8H15F. The third-order valence-electron chi connectivity index (χ3n) is 0.661. The number of allylic oxidation sites excluding steroid dienone is 3. The first-order valence-corrected chi connectivity index (χ1v) is 3.16. The van der Waals surface area contributed by atoms with Crippen molar-refractivity contribution in [2.75, 3.05) is 0 Å². The SMILES string of the molecule is C=C(C)/C(F)=C\C.CC. The van der Waals surface area contributed by atoms with Gasteiger partial charge in [0.15, 0.2) is 0 Å². The van der Waals surface area contributed by atoms with Crippen molar-refractivity contribution in [3.63, 3.8) is 0 Å². The summed E-state index contributed by atoms with van der Waals surface area (Å²) in [5, 5.41) is 0. The Morgan fingerprint density at radius 3 is 1.78 bits per heavy atom. The zero-order valence-corrected chi connectivity index (χ0v) is 6.66. The zero-order chi connectivity index (χ0) is 7.86. The standard InChI is InChI=1S/C6H9F.C2H6/c1-4-6(7)5(2)3;1-2/h4H,2H2,1,3H3;1-2H3/b6-4+;. The summed E-state index contributed by atoms with van der Waals surface area (Å²) in [6.45, 7) is 10.7. The fraction of sp³-hybridized carbons (Fsp3) is 0.500. The minimum absolute atomic E-state index is 0.222. The first kappa shape index (κ1) is 11.2. The molecule has 54 valence electrons. The van der Waals surface area contributed by atoms with Gasteiger partial charge < -0.3 is 0 Å². The lowest BCUT2D eigenvalue weighted by atomic mass is 10.3. The third-order valence-corrected chi connectivity index (χ3v) is 0.661. The molecule has 0 amide bonds. The molecule has 0 aliphatic rings. The molecule has 0 aromatic heterocycles. The van der Waals surface area contributed by atoms with Crippen molar-refractivity contribution in [1.82, 2.24) is 0 Å². The van der Waals surface area contributed by atoms with E-state index in [1.165, 1.54) is 6.08 Å². The monoisotopic (exact) mass is 130 g/mol. The highest BCUT2D eigenvalue weighted by atomic mass is 19.1. The van der Waals surface area contributed by atoms with Crippen LogP contribution in [0.25, 0.3) is 0 Å². The summed E-state index contributed by atoms with van der Waals surface area (Å²) >= 11 is 0. The number of hydrogen-bond donors (Lipinski definition) is 0. The molecule has 0 N–H and O–H groups in total. The molecule has 0 heterocycles. The summed E-state index contributed by atoms with van der Waals surface area (Å²) in [5.74, 6) is -0.222. The summed E-state index contributed by atoms with van der Waals surface area (Å²) in [6.07, 6.45) is 1.39. The minimum atomic E-state index is -0.222. The van der Waals surface area contributed by atoms with Gasteiger partial charge in [0.2, 0.25) is 0 Å². The van der Waals surface area contributed by atoms with E-state index in [0.717, 1.165) is 0 Å². The smallest absolute Gasteiger partial charge is 0.121 e. The van der Waals surface area contributed by atoms with Gasteiger partial charge in [0, 0.05) is 0 Å². The van der Waals surface area contributed by atoms with Crippen molar-refractivity contribution in [3.8, 4) is 0 Å². The molecule has 0 rings (SSSR count). The highest BCUT2D eigenvalue weighted by Gasteiger charge is 1.87. The van der Waals surface area contributed by atoms with Crippen molar-refractivity contribution in [2.24, 2.45) is 0 Å². The second-order valence-electron chi connectivity index (χ2n) is 1.42. The van der Waals surface area contributed by atoms with E-state index < -0.39 is 0 Å². The minimum Gasteiger partial charge on any atom is -0.207 e. The number of hydrogen-bond acceptors (Lipinski definition) is 0. The highest BCUT2D eigenvalue weighted by molar-refractivity contribution is 5.17. The summed E-state index contributed by atoms with van der Waals surface area (Å²) in [6, 6.07) is 0. The van der Waals surface area contributed by atoms with Gasteiger partial charge in [0.1, 0.15) is 5.83 Å². The van der Waals surface area contributed by atoms with Crippen LogP contribution in [0.1, 0.15) is 27.7 Å². The van der Waals surface area contributed by atoms with E-state index in [-0.39, 0.29) is 5.83 Å². The van der Waals surface area contributed by atoms with Gasteiger partial charge in [-0.1, -0.05) is 26.5 Å². The maximum Gasteiger partial charge on any atom is 0.121 e. The Labute approximate surface area is 57.1 Å². The van der Waals surface area contributed by atoms with Crippen molar-refractivity contribution in [1.29, 1.82) is 0 Å². The molecule has 0 aliphatic carbocycles. The Kier molecular flexibility index (Phi) is 9.25. The molecule has 0 fully saturated rings. The zero-order valence-electron chi connectivity index (χ0n) is 6.66. The van der Waals surface area contributed by atoms with Crippen LogP contribution in [0.15, 0.2) is 24.1 Å². The van der Waals surface area contributed by atoms with Crippen LogP contribution >= 0.6 is 0 Å². The molecule has 9 heavy (non-hydrogen) atoms. The van der Waals surface area contributed by atoms with Gasteiger partial charge in [-0.2, -0.15) is 0 Å². The van der Waals surface area contributed by atoms with E-state index in [1.807, 2.05) is 13.8 Å². The van der Waals surface area contributed by atoms with E-state index in [0.29, 0.717) is 5.57 Å². The molecule has 0 radical (unpaired) electrons. The van der Waals surface area contributed by atoms with Crippen LogP contribution in [0.2, 0.25) is 0 Å². The predicted molar refractivity (Wildman–Crippen MR) is 41.0 cm³/mol. The maximum atomic E-state index is 12.0. The van der Waals surface area contributed by atoms with Gasteiger partial charge in [-0.25, -0.2) is 4.39 Å². The molecule has 0 aromatic carbocycles. The Morgan fingerprint density at radius 1 is 1.44 bits per heavy atom. The van der Waals surface area contributed by atoms with Crippen LogP contribution in [0.4, 0.5) is 4.39 Å². The average molecular weight is 130 g/mol. The van der Waals surface area contributed by atoms with Crippen LogP contribution < -0.4 is 0 Å². The molecule has 0 saturated carbocycles. The summed E-state index contributed by atoms with van der Waals surface area (Å²) in [7, 11) is 0. The fourth-order valence-electron chi connectivity index (χ4n) is 0.246. The van der Waals surface area contributed by atoms with Crippen LogP contribution in [0.5, 0.6) is 0 Å². The molecule has 0 spiro atoms. The molecule has 0 aliphatic heterocycles. The van der Waals surface area contributed by atoms with Gasteiger partial charge in [0.25, 0.3) is 0 Å². The maximum absolute atomic E-state index is 12.0. The fourth-order valence-corrected chi connectivity index (χ4v) is 0.246. The topological polar surface area (TPSA) is 0 Å². The Morgan fingerprint density at radius 2 is 1.78 bits per heavy atom. The Bertz CT molecular complexity index is 101. The largest absolute Gasteiger partial charge is 0.207 e. The number of halogens is 1. The van der Waals surface area contributed by atoms with Crippen LogP contribution in [-0.2, 0) is 0 Å². The normalized spacial score (nSPS) is 9.67. The van der Waals surface area contributed by atoms with Crippen molar-refractivity contribution >= 4 is 0 Å². The van der Waals surface area contributed by atoms with Gasteiger partial charge >= 0.3 is 0 Å². The summed E-state index contributed by atoms with van der Waals surface area (Å²) < 4.78 is 12.0. The predicted octanol–water partition coefficient (Wildman–Crippen LogP) is 3.46. The second-order valence-corrected chi connectivity index (χ2v) is 1.42. The van der Waals surface area contributed by atoms with Crippen LogP contribution in [0, 0.1) is 0 Å². The molecule has 0 atom stereocenters. The lowest BCUT2D eigenvalue weighted by molar-refractivity contribution is 0.650. The molecule has 0 aromatic rings. The summed E-state index contributed by atoms with van der Waals surface area (Å²) in [4.78, 5) is 0. The van der Waals surface area contributed by atoms with Gasteiger partial charge in [-0.3, -0.25) is 0 Å². The Balaban J connectivity index is 0. The highest BCUT2D eigenvalue weighted by Crippen LogP contribution is 2.05. The molecule has 1 heteroatoms. The first-order chi connectivity index (χ1) is 4.18. The van der Waals surface area contributed by atoms with Crippen molar-refractivity contribution in [2.45, 2.75) is 27.7 Å². The summed E-state index contributed by atoms with van der Waals surface area (Å²) in [5.41, 5.74) is 0.488. The van der Waals surface area contributed by atoms with Gasteiger partial charge in [-0.15, -0.1) is 0 Å². The molecule has 0 saturated heterocycles. The lowest BCUT2D eigenvalue weighted by Gasteiger charge is -1.86. The van der Waals surface area contributed by atoms with Gasteiger partial charge in [-0.05, 0) is 19.4 Å². The second kappa shape index (κ2) is 7.41. The first-order valence-electron chi connectivity index (χ1n) is 3.16. The van der Waals surface area contributed by atoms with E-state index in [9.17, 15) is 4.39 Å². The number of rotatable bonds is 1. The molecule has 0 bridgehead atoms. The van der Waals surface area contributed by atoms with E-state index in [1.54, 1.807) is 13.8 Å². The van der Waals surface area contributed by atoms with Crippen molar-refractivity contribution in [3.05, 3.63) is 24.1 Å². The van der Waals surface area contributed by atoms with Crippen molar-refractivity contribution < 1.29 is 4.39 Å². The third kappa shape index (κ3) is 7.41. The quantitative estimate of drug-likeness (QED) is 0.477. The average Bonchev–Trinajstić information content (AvgIpc) is 1.91. The van der Waals surface area contributed by atoms with E-state index in [4.69, 9.17) is 0 Å². The Hall–Kier alpha value is -0.590. The van der Waals surface area contributed by atoms with E-state index in [2.05, 4.69) is 6.58 Å². The van der Waals surface area contributed by atoms with Gasteiger partial charge in [0.05, 0.1) is 0 Å². The lowest BCUT2D eigenvalue weighted by Crippen LogP contribution is -1.68. The van der Waals surface area contributed by atoms with E-state index >= 15 is 0 Å². The van der Waals surface area contributed by atoms with Crippen LogP contribution in [0.3, 0.4) is 0 Å². The molecule has 0 nitrogen and oxygen atoms in total.